The van der Waals surface area contributed by atoms with E-state index in [4.69, 9.17) is 4.74 Å². The van der Waals surface area contributed by atoms with Crippen LogP contribution in [0, 0.1) is 0 Å². The molecule has 0 aliphatic carbocycles. The lowest BCUT2D eigenvalue weighted by Crippen LogP contribution is -2.14. The summed E-state index contributed by atoms with van der Waals surface area (Å²) in [5.74, 6) is -0.892. The minimum Gasteiger partial charge on any atom is -0.426 e. The molecule has 0 saturated carbocycles. The van der Waals surface area contributed by atoms with Gasteiger partial charge in [-0.25, -0.2) is 0 Å². The number of ketones is 1. The van der Waals surface area contributed by atoms with E-state index in [1.165, 1.54) is 13.0 Å². The number of esters is 1. The predicted octanol–water partition coefficient (Wildman–Crippen LogP) is 4.16. The van der Waals surface area contributed by atoms with Gasteiger partial charge in [0.15, 0.2) is 5.78 Å². The highest BCUT2D eigenvalue weighted by Crippen LogP contribution is 2.20. The van der Waals surface area contributed by atoms with E-state index in [2.05, 4.69) is 10.3 Å². The number of nitrogens with one attached hydrogen (secondary N) is 1. The van der Waals surface area contributed by atoms with Crippen LogP contribution >= 0.6 is 0 Å². The van der Waals surface area contributed by atoms with Crippen molar-refractivity contribution in [3.8, 4) is 5.75 Å². The lowest BCUT2D eigenvalue weighted by molar-refractivity contribution is -0.131. The average Bonchev–Trinajstić information content (AvgIpc) is 2.73. The smallest absolute Gasteiger partial charge is 0.308 e. The summed E-state index contributed by atoms with van der Waals surface area (Å²) < 4.78 is 5.06. The number of pyridine rings is 1. The first kappa shape index (κ1) is 19.7. The zero-order chi connectivity index (χ0) is 20.6. The highest BCUT2D eigenvalue weighted by Gasteiger charge is 2.14. The summed E-state index contributed by atoms with van der Waals surface area (Å²) in [5, 5.41) is 2.73. The minimum atomic E-state index is -0.507. The van der Waals surface area contributed by atoms with Crippen molar-refractivity contribution in [2.45, 2.75) is 6.92 Å². The number of para-hydroxylation sites is 1. The Hall–Kier alpha value is -4.06. The first-order chi connectivity index (χ1) is 14.0. The van der Waals surface area contributed by atoms with E-state index in [-0.39, 0.29) is 17.1 Å². The maximum atomic E-state index is 12.5. The van der Waals surface area contributed by atoms with Gasteiger partial charge in [-0.15, -0.1) is 0 Å². The molecule has 1 aromatic heterocycles. The lowest BCUT2D eigenvalue weighted by Gasteiger charge is -2.09. The molecule has 1 N–H and O–H groups in total. The molecule has 144 valence electrons. The molecule has 3 aromatic rings. The topological polar surface area (TPSA) is 85.4 Å². The van der Waals surface area contributed by atoms with Gasteiger partial charge in [0.25, 0.3) is 5.91 Å². The van der Waals surface area contributed by atoms with Crippen LogP contribution in [-0.2, 0) is 4.79 Å². The van der Waals surface area contributed by atoms with Gasteiger partial charge in [-0.3, -0.25) is 19.4 Å². The monoisotopic (exact) mass is 386 g/mol. The van der Waals surface area contributed by atoms with Gasteiger partial charge in [-0.1, -0.05) is 18.2 Å². The number of amides is 1. The molecule has 1 heterocycles. The fourth-order valence-electron chi connectivity index (χ4n) is 2.56. The zero-order valence-corrected chi connectivity index (χ0v) is 15.7. The molecule has 0 aliphatic rings. The molecule has 0 spiro atoms. The van der Waals surface area contributed by atoms with Gasteiger partial charge in [-0.05, 0) is 60.2 Å². The van der Waals surface area contributed by atoms with Crippen molar-refractivity contribution in [2.75, 3.05) is 5.32 Å². The van der Waals surface area contributed by atoms with E-state index in [0.717, 1.165) is 5.56 Å². The molecule has 0 unspecified atom stereocenters. The van der Waals surface area contributed by atoms with Crippen molar-refractivity contribution in [1.82, 2.24) is 4.98 Å². The number of benzene rings is 2. The van der Waals surface area contributed by atoms with Crippen LogP contribution in [0.25, 0.3) is 6.08 Å². The van der Waals surface area contributed by atoms with Gasteiger partial charge in [0.1, 0.15) is 5.75 Å². The molecule has 0 bridgehead atoms. The molecular weight excluding hydrogens is 368 g/mol. The Morgan fingerprint density at radius 3 is 2.31 bits per heavy atom. The van der Waals surface area contributed by atoms with Crippen LogP contribution in [0.5, 0.6) is 5.75 Å². The highest BCUT2D eigenvalue weighted by molar-refractivity contribution is 6.08. The maximum Gasteiger partial charge on any atom is 0.308 e. The Morgan fingerprint density at radius 1 is 0.931 bits per heavy atom. The molecule has 0 radical (unpaired) electrons. The normalized spacial score (nSPS) is 10.5. The molecule has 6 nitrogen and oxygen atoms in total. The number of anilines is 1. The Labute approximate surface area is 167 Å². The first-order valence-electron chi connectivity index (χ1n) is 8.84. The quantitative estimate of drug-likeness (QED) is 0.298. The van der Waals surface area contributed by atoms with E-state index < -0.39 is 11.9 Å². The van der Waals surface area contributed by atoms with Crippen molar-refractivity contribution in [3.63, 3.8) is 0 Å². The largest absolute Gasteiger partial charge is 0.426 e. The summed E-state index contributed by atoms with van der Waals surface area (Å²) in [7, 11) is 0. The lowest BCUT2D eigenvalue weighted by atomic mass is 10.1. The summed E-state index contributed by atoms with van der Waals surface area (Å²) in [5.41, 5.74) is 2.13. The third-order valence-corrected chi connectivity index (χ3v) is 3.95. The second kappa shape index (κ2) is 9.23. The summed E-state index contributed by atoms with van der Waals surface area (Å²) in [6.45, 7) is 1.27. The molecule has 0 saturated heterocycles. The average molecular weight is 386 g/mol. The van der Waals surface area contributed by atoms with E-state index >= 15 is 0 Å². The summed E-state index contributed by atoms with van der Waals surface area (Å²) in [4.78, 5) is 39.9. The highest BCUT2D eigenvalue weighted by atomic mass is 16.5. The number of ether oxygens (including phenoxy) is 1. The fourth-order valence-corrected chi connectivity index (χ4v) is 2.56. The number of allylic oxidation sites excluding steroid dienone is 1. The fraction of sp³-hybridized carbons (Fsp3) is 0.0435. The van der Waals surface area contributed by atoms with Crippen molar-refractivity contribution < 1.29 is 19.1 Å². The van der Waals surface area contributed by atoms with Crippen molar-refractivity contribution in [3.05, 3.63) is 95.8 Å². The Balaban J connectivity index is 1.68. The maximum absolute atomic E-state index is 12.5. The third-order valence-electron chi connectivity index (χ3n) is 3.95. The number of aromatic nitrogens is 1. The molecule has 0 atom stereocenters. The van der Waals surface area contributed by atoms with E-state index in [0.29, 0.717) is 11.3 Å². The molecule has 0 aliphatic heterocycles. The standard InChI is InChI=1S/C23H18N2O4/c1-16(26)29-22-5-3-2-4-20(22)23(28)25-19-9-7-18(8-10-19)21(27)11-6-17-12-14-24-15-13-17/h2-15H,1H3,(H,25,28)/b11-6+. The number of rotatable bonds is 6. The zero-order valence-electron chi connectivity index (χ0n) is 15.7. The summed E-state index contributed by atoms with van der Waals surface area (Å²) >= 11 is 0. The molecule has 0 fully saturated rings. The Morgan fingerprint density at radius 2 is 1.62 bits per heavy atom. The number of nitrogens with zero attached hydrogens (tertiary/aromatic N) is 1. The molecule has 1 amide bonds. The van der Waals surface area contributed by atoms with Gasteiger partial charge in [0.2, 0.25) is 0 Å². The van der Waals surface area contributed by atoms with Crippen LogP contribution in [0.1, 0.15) is 33.2 Å². The predicted molar refractivity (Wildman–Crippen MR) is 110 cm³/mol. The van der Waals surface area contributed by atoms with Crippen LogP contribution in [-0.4, -0.2) is 22.6 Å². The van der Waals surface area contributed by atoms with Crippen molar-refractivity contribution in [2.24, 2.45) is 0 Å². The Kier molecular flexibility index (Phi) is 6.27. The van der Waals surface area contributed by atoms with E-state index in [1.54, 1.807) is 79.1 Å². The second-order valence-electron chi connectivity index (χ2n) is 6.10. The summed E-state index contributed by atoms with van der Waals surface area (Å²) in [6, 6.07) is 16.6. The van der Waals surface area contributed by atoms with Crippen LogP contribution in [0.2, 0.25) is 0 Å². The molecule has 29 heavy (non-hydrogen) atoms. The Bertz CT molecular complexity index is 1060. The molecule has 2 aromatic carbocycles. The third kappa shape index (κ3) is 5.46. The van der Waals surface area contributed by atoms with Crippen LogP contribution in [0.4, 0.5) is 5.69 Å². The number of carbonyl (C=O) groups is 3. The van der Waals surface area contributed by atoms with Crippen LogP contribution in [0.15, 0.2) is 79.1 Å². The summed E-state index contributed by atoms with van der Waals surface area (Å²) in [6.07, 6.45) is 6.51. The van der Waals surface area contributed by atoms with Gasteiger partial charge in [0, 0.05) is 30.6 Å². The van der Waals surface area contributed by atoms with E-state index in [1.807, 2.05) is 0 Å². The minimum absolute atomic E-state index is 0.153. The molecule has 3 rings (SSSR count). The van der Waals surface area contributed by atoms with Gasteiger partial charge >= 0.3 is 5.97 Å². The van der Waals surface area contributed by atoms with Crippen LogP contribution in [0.3, 0.4) is 0 Å². The van der Waals surface area contributed by atoms with Gasteiger partial charge in [0.05, 0.1) is 5.56 Å². The molecule has 6 heteroatoms. The van der Waals surface area contributed by atoms with Crippen molar-refractivity contribution in [1.29, 1.82) is 0 Å². The number of carbonyl (C=O) groups excluding carboxylic acids is 3. The second-order valence-corrected chi connectivity index (χ2v) is 6.10. The number of hydrogen-bond donors (Lipinski definition) is 1. The van der Waals surface area contributed by atoms with E-state index in [9.17, 15) is 14.4 Å². The number of hydrogen-bond acceptors (Lipinski definition) is 5. The first-order valence-corrected chi connectivity index (χ1v) is 8.84. The van der Waals surface area contributed by atoms with Gasteiger partial charge < -0.3 is 10.1 Å². The van der Waals surface area contributed by atoms with Crippen molar-refractivity contribution >= 4 is 29.4 Å². The van der Waals surface area contributed by atoms with Gasteiger partial charge in [-0.2, -0.15) is 0 Å². The van der Waals surface area contributed by atoms with Crippen LogP contribution < -0.4 is 10.1 Å². The molecular formula is C23H18N2O4. The SMILES string of the molecule is CC(=O)Oc1ccccc1C(=O)Nc1ccc(C(=O)/C=C/c2ccncc2)cc1.